The maximum absolute atomic E-state index is 12.4. The van der Waals surface area contributed by atoms with Gasteiger partial charge < -0.3 is 19.4 Å². The quantitative estimate of drug-likeness (QED) is 0.361. The summed E-state index contributed by atoms with van der Waals surface area (Å²) in [5, 5.41) is 2.98. The van der Waals surface area contributed by atoms with Gasteiger partial charge >= 0.3 is 0 Å². The maximum Gasteiger partial charge on any atom is 0.251 e. The van der Waals surface area contributed by atoms with Crippen LogP contribution in [-0.2, 0) is 13.0 Å². The molecule has 4 aromatic rings. The number of imidazole rings is 1. The number of carbonyl (C=O) groups excluding carboxylic acids is 1. The highest BCUT2D eigenvalue weighted by Crippen LogP contribution is 2.20. The molecule has 1 aromatic heterocycles. The van der Waals surface area contributed by atoms with Gasteiger partial charge in [0.25, 0.3) is 5.91 Å². The van der Waals surface area contributed by atoms with E-state index in [1.165, 1.54) is 0 Å². The molecule has 3 aromatic carbocycles. The van der Waals surface area contributed by atoms with E-state index in [0.29, 0.717) is 31.7 Å². The first-order valence-corrected chi connectivity index (χ1v) is 11.2. The van der Waals surface area contributed by atoms with E-state index < -0.39 is 0 Å². The fourth-order valence-electron chi connectivity index (χ4n) is 3.53. The summed E-state index contributed by atoms with van der Waals surface area (Å²) < 4.78 is 14.2. The maximum atomic E-state index is 12.4. The number of methoxy groups -OCH3 is 1. The van der Waals surface area contributed by atoms with Crippen LogP contribution in [0.4, 0.5) is 0 Å². The standard InChI is InChI=1S/C25H24BrN3O3/c1-31-20-8-5-9-21(17-20)32-15-14-29-23-11-3-2-10-22(23)28-24(29)12-13-27-25(30)18-6-4-7-19(26)16-18/h2-11,16-17H,12-15H2,1H3,(H,27,30). The first-order valence-electron chi connectivity index (χ1n) is 10.4. The number of halogens is 1. The molecule has 1 amide bonds. The Morgan fingerprint density at radius 1 is 1.03 bits per heavy atom. The number of nitrogens with one attached hydrogen (secondary N) is 1. The molecule has 0 fully saturated rings. The van der Waals surface area contributed by atoms with Crippen LogP contribution < -0.4 is 14.8 Å². The second-order valence-electron chi connectivity index (χ2n) is 7.21. The van der Waals surface area contributed by atoms with Crippen molar-refractivity contribution in [2.75, 3.05) is 20.3 Å². The minimum Gasteiger partial charge on any atom is -0.497 e. The number of hydrogen-bond donors (Lipinski definition) is 1. The number of para-hydroxylation sites is 2. The van der Waals surface area contributed by atoms with Gasteiger partial charge in [0.05, 0.1) is 24.7 Å². The Morgan fingerprint density at radius 3 is 2.69 bits per heavy atom. The summed E-state index contributed by atoms with van der Waals surface area (Å²) in [4.78, 5) is 17.2. The normalized spacial score (nSPS) is 10.8. The van der Waals surface area contributed by atoms with E-state index in [-0.39, 0.29) is 5.91 Å². The lowest BCUT2D eigenvalue weighted by molar-refractivity contribution is 0.0954. The van der Waals surface area contributed by atoms with Gasteiger partial charge in [0.15, 0.2) is 0 Å². The molecule has 0 unspecified atom stereocenters. The Balaban J connectivity index is 1.42. The Kier molecular flexibility index (Phi) is 7.07. The van der Waals surface area contributed by atoms with Gasteiger partial charge in [-0.1, -0.05) is 40.2 Å². The lowest BCUT2D eigenvalue weighted by Crippen LogP contribution is -2.26. The number of hydrogen-bond acceptors (Lipinski definition) is 4. The van der Waals surface area contributed by atoms with E-state index in [1.807, 2.05) is 54.6 Å². The second kappa shape index (κ2) is 10.3. The Morgan fingerprint density at radius 2 is 1.84 bits per heavy atom. The molecule has 0 bridgehead atoms. The van der Waals surface area contributed by atoms with Crippen molar-refractivity contribution in [3.8, 4) is 11.5 Å². The largest absolute Gasteiger partial charge is 0.497 e. The van der Waals surface area contributed by atoms with E-state index in [9.17, 15) is 4.79 Å². The van der Waals surface area contributed by atoms with Gasteiger partial charge in [0.1, 0.15) is 23.9 Å². The monoisotopic (exact) mass is 493 g/mol. The Hall–Kier alpha value is -3.32. The summed E-state index contributed by atoms with van der Waals surface area (Å²) in [6.07, 6.45) is 0.619. The van der Waals surface area contributed by atoms with Crippen molar-refractivity contribution < 1.29 is 14.3 Å². The van der Waals surface area contributed by atoms with Gasteiger partial charge in [0.2, 0.25) is 0 Å². The fourth-order valence-corrected chi connectivity index (χ4v) is 3.93. The minimum absolute atomic E-state index is 0.102. The molecule has 1 N–H and O–H groups in total. The van der Waals surface area contributed by atoms with E-state index in [0.717, 1.165) is 32.8 Å². The molecule has 0 saturated carbocycles. The zero-order valence-corrected chi connectivity index (χ0v) is 19.3. The number of ether oxygens (including phenoxy) is 2. The topological polar surface area (TPSA) is 65.4 Å². The van der Waals surface area contributed by atoms with E-state index in [2.05, 4.69) is 31.9 Å². The molecule has 0 saturated heterocycles. The molecular formula is C25H24BrN3O3. The average molecular weight is 494 g/mol. The van der Waals surface area contributed by atoms with Crippen molar-refractivity contribution in [2.45, 2.75) is 13.0 Å². The van der Waals surface area contributed by atoms with Crippen LogP contribution in [0.3, 0.4) is 0 Å². The summed E-state index contributed by atoms with van der Waals surface area (Å²) in [5.74, 6) is 2.33. The van der Waals surface area contributed by atoms with Gasteiger partial charge in [0, 0.05) is 29.1 Å². The Bertz CT molecular complexity index is 1220. The first-order chi connectivity index (χ1) is 15.6. The van der Waals surface area contributed by atoms with Crippen LogP contribution in [0.15, 0.2) is 77.3 Å². The molecule has 0 spiro atoms. The summed E-state index contributed by atoms with van der Waals surface area (Å²) in [7, 11) is 1.64. The summed E-state index contributed by atoms with van der Waals surface area (Å²) in [5.41, 5.74) is 2.61. The summed E-state index contributed by atoms with van der Waals surface area (Å²) in [6.45, 7) is 1.63. The third kappa shape index (κ3) is 5.29. The lowest BCUT2D eigenvalue weighted by atomic mass is 10.2. The lowest BCUT2D eigenvalue weighted by Gasteiger charge is -2.12. The zero-order valence-electron chi connectivity index (χ0n) is 17.8. The summed E-state index contributed by atoms with van der Waals surface area (Å²) >= 11 is 3.40. The SMILES string of the molecule is COc1cccc(OCCn2c(CCNC(=O)c3cccc(Br)c3)nc3ccccc32)c1. The predicted molar refractivity (Wildman–Crippen MR) is 128 cm³/mol. The minimum atomic E-state index is -0.102. The van der Waals surface area contributed by atoms with Crippen molar-refractivity contribution in [3.05, 3.63) is 88.7 Å². The smallest absolute Gasteiger partial charge is 0.251 e. The van der Waals surface area contributed by atoms with Crippen LogP contribution >= 0.6 is 15.9 Å². The zero-order chi connectivity index (χ0) is 22.3. The predicted octanol–water partition coefficient (Wildman–Crippen LogP) is 4.86. The van der Waals surface area contributed by atoms with E-state index in [4.69, 9.17) is 14.5 Å². The van der Waals surface area contributed by atoms with Gasteiger partial charge in [-0.25, -0.2) is 4.98 Å². The second-order valence-corrected chi connectivity index (χ2v) is 8.13. The molecule has 0 aliphatic heterocycles. The van der Waals surface area contributed by atoms with Crippen LogP contribution in [0.1, 0.15) is 16.2 Å². The molecule has 32 heavy (non-hydrogen) atoms. The molecule has 0 aliphatic rings. The van der Waals surface area contributed by atoms with Crippen molar-refractivity contribution >= 4 is 32.9 Å². The molecule has 164 valence electrons. The molecule has 1 heterocycles. The van der Waals surface area contributed by atoms with Crippen LogP contribution in [-0.4, -0.2) is 35.7 Å². The van der Waals surface area contributed by atoms with Crippen molar-refractivity contribution in [1.82, 2.24) is 14.9 Å². The number of carbonyl (C=O) groups is 1. The highest BCUT2D eigenvalue weighted by molar-refractivity contribution is 9.10. The van der Waals surface area contributed by atoms with Gasteiger partial charge in [-0.2, -0.15) is 0 Å². The number of amides is 1. The van der Waals surface area contributed by atoms with Gasteiger partial charge in [-0.3, -0.25) is 4.79 Å². The number of nitrogens with zero attached hydrogens (tertiary/aromatic N) is 2. The van der Waals surface area contributed by atoms with Crippen LogP contribution in [0, 0.1) is 0 Å². The summed E-state index contributed by atoms with van der Waals surface area (Å²) in [6, 6.07) is 22.9. The van der Waals surface area contributed by atoms with Crippen molar-refractivity contribution in [2.24, 2.45) is 0 Å². The Labute approximate surface area is 195 Å². The highest BCUT2D eigenvalue weighted by atomic mass is 79.9. The number of rotatable bonds is 9. The van der Waals surface area contributed by atoms with Gasteiger partial charge in [-0.05, 0) is 42.5 Å². The van der Waals surface area contributed by atoms with Crippen LogP contribution in [0.2, 0.25) is 0 Å². The fraction of sp³-hybridized carbons (Fsp3) is 0.200. The molecule has 4 rings (SSSR count). The molecule has 6 nitrogen and oxygen atoms in total. The third-order valence-electron chi connectivity index (χ3n) is 5.08. The molecule has 0 atom stereocenters. The average Bonchev–Trinajstić information content (AvgIpc) is 3.16. The first kappa shape index (κ1) is 21.9. The van der Waals surface area contributed by atoms with Gasteiger partial charge in [-0.15, -0.1) is 0 Å². The third-order valence-corrected chi connectivity index (χ3v) is 5.57. The van der Waals surface area contributed by atoms with Crippen LogP contribution in [0.5, 0.6) is 11.5 Å². The highest BCUT2D eigenvalue weighted by Gasteiger charge is 2.12. The van der Waals surface area contributed by atoms with E-state index >= 15 is 0 Å². The molecule has 7 heteroatoms. The molecule has 0 aliphatic carbocycles. The number of aromatic nitrogens is 2. The number of fused-ring (bicyclic) bond motifs is 1. The van der Waals surface area contributed by atoms with E-state index in [1.54, 1.807) is 19.2 Å². The van der Waals surface area contributed by atoms with Crippen LogP contribution in [0.25, 0.3) is 11.0 Å². The number of benzene rings is 3. The molecule has 0 radical (unpaired) electrons. The van der Waals surface area contributed by atoms with Crippen molar-refractivity contribution in [1.29, 1.82) is 0 Å². The molecular weight excluding hydrogens is 470 g/mol. The van der Waals surface area contributed by atoms with Crippen molar-refractivity contribution in [3.63, 3.8) is 0 Å².